The molecule has 0 atom stereocenters. The molecule has 3 aromatic rings. The fourth-order valence-corrected chi connectivity index (χ4v) is 4.85. The Morgan fingerprint density at radius 3 is 2.64 bits per heavy atom. The van der Waals surface area contributed by atoms with E-state index in [2.05, 4.69) is 20.6 Å². The van der Waals surface area contributed by atoms with E-state index in [0.29, 0.717) is 19.0 Å². The number of fused-ring (bicyclic) bond motifs is 1. The number of sulfonamides is 1. The zero-order valence-electron chi connectivity index (χ0n) is 13.8. The number of hydrogen-bond donors (Lipinski definition) is 0. The fraction of sp³-hybridized carbons (Fsp3) is 0.333. The average Bonchev–Trinajstić information content (AvgIpc) is 3.06. The first kappa shape index (κ1) is 16.2. The van der Waals surface area contributed by atoms with Gasteiger partial charge >= 0.3 is 0 Å². The molecule has 0 radical (unpaired) electrons. The zero-order chi connectivity index (χ0) is 17.3. The summed E-state index contributed by atoms with van der Waals surface area (Å²) in [6.45, 7) is 1.98. The van der Waals surface area contributed by atoms with E-state index in [-0.39, 0.29) is 4.90 Å². The van der Waals surface area contributed by atoms with Crippen molar-refractivity contribution in [3.63, 3.8) is 0 Å². The Bertz CT molecular complexity index is 961. The molecule has 1 aliphatic heterocycles. The fourth-order valence-electron chi connectivity index (χ4n) is 3.41. The van der Waals surface area contributed by atoms with Crippen molar-refractivity contribution < 1.29 is 8.42 Å². The van der Waals surface area contributed by atoms with E-state index in [1.807, 2.05) is 24.5 Å². The number of pyridine rings is 1. The molecule has 0 N–H and O–H groups in total. The second-order valence-electron chi connectivity index (χ2n) is 6.42. The van der Waals surface area contributed by atoms with E-state index in [0.717, 1.165) is 30.4 Å². The van der Waals surface area contributed by atoms with Crippen molar-refractivity contribution in [2.24, 2.45) is 5.92 Å². The van der Waals surface area contributed by atoms with Crippen LogP contribution in [0, 0.1) is 5.92 Å². The van der Waals surface area contributed by atoms with Gasteiger partial charge in [0.25, 0.3) is 0 Å². The van der Waals surface area contributed by atoms with Gasteiger partial charge in [0.2, 0.25) is 10.0 Å². The predicted molar refractivity (Wildman–Crippen MR) is 95.5 cm³/mol. The first-order chi connectivity index (χ1) is 12.1. The molecule has 130 valence electrons. The number of nitrogens with zero attached hydrogens (tertiary/aromatic N) is 4. The summed E-state index contributed by atoms with van der Waals surface area (Å²) in [6.07, 6.45) is 6.58. The monoisotopic (exact) mass is 356 g/mol. The smallest absolute Gasteiger partial charge is 0.244 e. The highest BCUT2D eigenvalue weighted by atomic mass is 32.2. The highest BCUT2D eigenvalue weighted by molar-refractivity contribution is 7.89. The first-order valence-corrected chi connectivity index (χ1v) is 9.88. The maximum atomic E-state index is 12.7. The van der Waals surface area contributed by atoms with Gasteiger partial charge in [-0.3, -0.25) is 4.98 Å². The minimum absolute atomic E-state index is 0.272. The van der Waals surface area contributed by atoms with Crippen LogP contribution in [0.2, 0.25) is 0 Å². The molecule has 4 rings (SSSR count). The zero-order valence-corrected chi connectivity index (χ0v) is 14.6. The first-order valence-electron chi connectivity index (χ1n) is 8.44. The molecule has 0 unspecified atom stereocenters. The van der Waals surface area contributed by atoms with Crippen LogP contribution in [0.1, 0.15) is 12.8 Å². The molecule has 0 bridgehead atoms. The van der Waals surface area contributed by atoms with E-state index in [4.69, 9.17) is 0 Å². The Morgan fingerprint density at radius 2 is 1.88 bits per heavy atom. The third-order valence-electron chi connectivity index (χ3n) is 4.83. The molecular weight excluding hydrogens is 336 g/mol. The molecule has 2 aromatic heterocycles. The van der Waals surface area contributed by atoms with Crippen LogP contribution in [-0.4, -0.2) is 40.3 Å². The van der Waals surface area contributed by atoms with E-state index < -0.39 is 10.0 Å². The van der Waals surface area contributed by atoms with Crippen LogP contribution < -0.4 is 0 Å². The molecule has 6 nitrogen and oxygen atoms in total. The molecule has 7 heteroatoms. The SMILES string of the molecule is O=S(=O)(c1cccnc1)N1CCC(Cn2cnc3ccccc32)CC1. The van der Waals surface area contributed by atoms with Crippen LogP contribution in [0.3, 0.4) is 0 Å². The van der Waals surface area contributed by atoms with Crippen molar-refractivity contribution in [2.75, 3.05) is 13.1 Å². The van der Waals surface area contributed by atoms with Gasteiger partial charge in [-0.2, -0.15) is 4.31 Å². The Labute approximate surface area is 147 Å². The second kappa shape index (κ2) is 6.57. The number of aromatic nitrogens is 3. The van der Waals surface area contributed by atoms with E-state index in [9.17, 15) is 8.42 Å². The van der Waals surface area contributed by atoms with Crippen molar-refractivity contribution >= 4 is 21.1 Å². The van der Waals surface area contributed by atoms with Gasteiger partial charge in [-0.1, -0.05) is 12.1 Å². The lowest BCUT2D eigenvalue weighted by Gasteiger charge is -2.31. The van der Waals surface area contributed by atoms with Crippen LogP contribution in [0.5, 0.6) is 0 Å². The predicted octanol–water partition coefficient (Wildman–Crippen LogP) is 2.53. The number of piperidine rings is 1. The van der Waals surface area contributed by atoms with E-state index in [1.165, 1.54) is 6.20 Å². The quantitative estimate of drug-likeness (QED) is 0.720. The van der Waals surface area contributed by atoms with Crippen LogP contribution in [-0.2, 0) is 16.6 Å². The minimum Gasteiger partial charge on any atom is -0.330 e. The highest BCUT2D eigenvalue weighted by Gasteiger charge is 2.29. The average molecular weight is 356 g/mol. The number of hydrogen-bond acceptors (Lipinski definition) is 4. The number of imidazole rings is 1. The van der Waals surface area contributed by atoms with Gasteiger partial charge in [0.1, 0.15) is 4.90 Å². The molecule has 0 amide bonds. The normalized spacial score (nSPS) is 17.1. The summed E-state index contributed by atoms with van der Waals surface area (Å²) in [6, 6.07) is 11.3. The molecule has 0 saturated carbocycles. The summed E-state index contributed by atoms with van der Waals surface area (Å²) < 4.78 is 29.1. The summed E-state index contributed by atoms with van der Waals surface area (Å²) in [7, 11) is -3.43. The largest absolute Gasteiger partial charge is 0.330 e. The Balaban J connectivity index is 1.43. The Hall–Kier alpha value is -2.25. The third-order valence-corrected chi connectivity index (χ3v) is 6.71. The summed E-state index contributed by atoms with van der Waals surface area (Å²) >= 11 is 0. The van der Waals surface area contributed by atoms with Crippen LogP contribution in [0.4, 0.5) is 0 Å². The van der Waals surface area contributed by atoms with Crippen molar-refractivity contribution in [1.82, 2.24) is 18.8 Å². The van der Waals surface area contributed by atoms with Crippen molar-refractivity contribution in [3.8, 4) is 0 Å². The van der Waals surface area contributed by atoms with Crippen LogP contribution in [0.15, 0.2) is 60.0 Å². The molecular formula is C18H20N4O2S. The van der Waals surface area contributed by atoms with Gasteiger partial charge in [-0.05, 0) is 43.0 Å². The summed E-state index contributed by atoms with van der Waals surface area (Å²) in [5.41, 5.74) is 2.13. The summed E-state index contributed by atoms with van der Waals surface area (Å²) in [4.78, 5) is 8.62. The third kappa shape index (κ3) is 3.17. The molecule has 1 aliphatic rings. The van der Waals surface area contributed by atoms with Gasteiger partial charge < -0.3 is 4.57 Å². The molecule has 25 heavy (non-hydrogen) atoms. The highest BCUT2D eigenvalue weighted by Crippen LogP contribution is 2.25. The topological polar surface area (TPSA) is 68.1 Å². The molecule has 0 aliphatic carbocycles. The standard InChI is InChI=1S/C18H20N4O2S/c23-25(24,16-4-3-9-19-12-16)22-10-7-15(8-11-22)13-21-14-20-17-5-1-2-6-18(17)21/h1-6,9,12,14-15H,7-8,10-11,13H2. The summed E-state index contributed by atoms with van der Waals surface area (Å²) in [5.74, 6) is 0.456. The van der Waals surface area contributed by atoms with Crippen molar-refractivity contribution in [2.45, 2.75) is 24.3 Å². The Kier molecular flexibility index (Phi) is 4.27. The van der Waals surface area contributed by atoms with Gasteiger partial charge in [-0.25, -0.2) is 13.4 Å². The number of para-hydroxylation sites is 2. The lowest BCUT2D eigenvalue weighted by molar-refractivity contribution is 0.254. The van der Waals surface area contributed by atoms with Gasteiger partial charge in [0.15, 0.2) is 0 Å². The van der Waals surface area contributed by atoms with Crippen molar-refractivity contribution in [3.05, 3.63) is 55.1 Å². The number of benzene rings is 1. The second-order valence-corrected chi connectivity index (χ2v) is 8.36. The van der Waals surface area contributed by atoms with E-state index in [1.54, 1.807) is 22.6 Å². The number of rotatable bonds is 4. The molecule has 3 heterocycles. The summed E-state index contributed by atoms with van der Waals surface area (Å²) in [5, 5.41) is 0. The van der Waals surface area contributed by atoms with Crippen molar-refractivity contribution in [1.29, 1.82) is 0 Å². The molecule has 1 saturated heterocycles. The lowest BCUT2D eigenvalue weighted by atomic mass is 9.98. The minimum atomic E-state index is -3.43. The molecule has 0 spiro atoms. The van der Waals surface area contributed by atoms with Gasteiger partial charge in [0, 0.05) is 32.0 Å². The van der Waals surface area contributed by atoms with Gasteiger partial charge in [0.05, 0.1) is 17.4 Å². The molecule has 1 fully saturated rings. The Morgan fingerprint density at radius 1 is 1.08 bits per heavy atom. The maximum absolute atomic E-state index is 12.7. The van der Waals surface area contributed by atoms with Crippen LogP contribution in [0.25, 0.3) is 11.0 Å². The van der Waals surface area contributed by atoms with E-state index >= 15 is 0 Å². The lowest BCUT2D eigenvalue weighted by Crippen LogP contribution is -2.39. The maximum Gasteiger partial charge on any atom is 0.244 e. The molecule has 1 aromatic carbocycles. The van der Waals surface area contributed by atoms with Gasteiger partial charge in [-0.15, -0.1) is 0 Å². The van der Waals surface area contributed by atoms with Crippen LogP contribution >= 0.6 is 0 Å².